The highest BCUT2D eigenvalue weighted by molar-refractivity contribution is 6.10. The summed E-state index contributed by atoms with van der Waals surface area (Å²) in [6.45, 7) is 1.25. The van der Waals surface area contributed by atoms with Crippen LogP contribution in [-0.2, 0) is 13.0 Å². The van der Waals surface area contributed by atoms with Crippen LogP contribution in [0.2, 0.25) is 0 Å². The summed E-state index contributed by atoms with van der Waals surface area (Å²) in [5.74, 6) is 0.0708. The predicted molar refractivity (Wildman–Crippen MR) is 99.0 cm³/mol. The van der Waals surface area contributed by atoms with E-state index in [1.54, 1.807) is 7.11 Å². The van der Waals surface area contributed by atoms with Gasteiger partial charge in [0.1, 0.15) is 11.6 Å². The van der Waals surface area contributed by atoms with E-state index in [4.69, 9.17) is 4.74 Å². The van der Waals surface area contributed by atoms with E-state index in [1.165, 1.54) is 12.1 Å². The smallest absolute Gasteiger partial charge is 0.252 e. The van der Waals surface area contributed by atoms with Gasteiger partial charge in [0.25, 0.3) is 5.91 Å². The lowest BCUT2D eigenvalue weighted by Gasteiger charge is -2.11. The number of carbonyl (C=O) groups is 1. The van der Waals surface area contributed by atoms with Gasteiger partial charge in [0.2, 0.25) is 0 Å². The monoisotopic (exact) mass is 353 g/mol. The van der Waals surface area contributed by atoms with Gasteiger partial charge in [-0.2, -0.15) is 0 Å². The fourth-order valence-corrected chi connectivity index (χ4v) is 3.68. The van der Waals surface area contributed by atoms with E-state index in [-0.39, 0.29) is 5.91 Å². The summed E-state index contributed by atoms with van der Waals surface area (Å²) in [5.41, 5.74) is 4.89. The number of halogens is 1. The minimum atomic E-state index is -0.430. The molecule has 2 heterocycles. The van der Waals surface area contributed by atoms with E-state index in [9.17, 15) is 9.18 Å². The Kier molecular flexibility index (Phi) is 4.12. The molecular weight excluding hydrogens is 333 g/mol. The van der Waals surface area contributed by atoms with Gasteiger partial charge in [-0.05, 0) is 48.9 Å². The van der Waals surface area contributed by atoms with Crippen LogP contribution in [0.3, 0.4) is 0 Å². The molecule has 6 heteroatoms. The van der Waals surface area contributed by atoms with Gasteiger partial charge in [-0.3, -0.25) is 4.79 Å². The normalized spacial score (nSPS) is 13.6. The molecule has 4 rings (SSSR count). The zero-order valence-corrected chi connectivity index (χ0v) is 14.7. The Morgan fingerprint density at radius 3 is 2.85 bits per heavy atom. The van der Waals surface area contributed by atoms with Crippen molar-refractivity contribution < 1.29 is 13.9 Å². The van der Waals surface area contributed by atoms with Crippen molar-refractivity contribution in [1.82, 2.24) is 15.6 Å². The lowest BCUT2D eigenvalue weighted by atomic mass is 9.99. The van der Waals surface area contributed by atoms with Crippen LogP contribution < -0.4 is 15.4 Å². The molecule has 2 aromatic carbocycles. The molecule has 1 aliphatic rings. The van der Waals surface area contributed by atoms with Crippen molar-refractivity contribution in [1.29, 1.82) is 0 Å². The number of carbonyl (C=O) groups excluding carboxylic acids is 1. The molecule has 3 N–H and O–H groups in total. The van der Waals surface area contributed by atoms with E-state index < -0.39 is 5.82 Å². The zero-order valence-electron chi connectivity index (χ0n) is 14.7. The van der Waals surface area contributed by atoms with E-state index in [0.29, 0.717) is 24.0 Å². The first-order chi connectivity index (χ1) is 12.6. The molecule has 0 saturated carbocycles. The number of rotatable bonds is 4. The first-order valence-corrected chi connectivity index (χ1v) is 8.56. The van der Waals surface area contributed by atoms with Crippen LogP contribution >= 0.6 is 0 Å². The minimum absolute atomic E-state index is 0.241. The Labute approximate surface area is 150 Å². The maximum absolute atomic E-state index is 14.0. The average molecular weight is 353 g/mol. The van der Waals surface area contributed by atoms with Crippen LogP contribution in [0.15, 0.2) is 30.3 Å². The highest BCUT2D eigenvalue weighted by atomic mass is 19.1. The molecule has 0 aliphatic carbocycles. The lowest BCUT2D eigenvalue weighted by molar-refractivity contribution is 0.0957. The van der Waals surface area contributed by atoms with Crippen LogP contribution in [-0.4, -0.2) is 31.6 Å². The second-order valence-corrected chi connectivity index (χ2v) is 6.43. The Morgan fingerprint density at radius 2 is 2.08 bits per heavy atom. The highest BCUT2D eigenvalue weighted by Gasteiger charge is 2.24. The molecule has 0 atom stereocenters. The number of hydrogen-bond donors (Lipinski definition) is 3. The lowest BCUT2D eigenvalue weighted by Crippen LogP contribution is -2.23. The standard InChI is InChI=1S/C20H20FN3O2/c1-22-10-11-3-4-13(17(7-11)26-2)19-14-5-6-23-20(25)15-8-12(21)9-16(24-19)18(14)15/h3-4,7-9,22,24H,5-6,10H2,1-2H3,(H,23,25). The molecule has 1 amide bonds. The molecule has 5 nitrogen and oxygen atoms in total. The summed E-state index contributed by atoms with van der Waals surface area (Å²) in [7, 11) is 3.53. The fourth-order valence-electron chi connectivity index (χ4n) is 3.68. The van der Waals surface area contributed by atoms with Gasteiger partial charge in [0, 0.05) is 29.6 Å². The van der Waals surface area contributed by atoms with Crippen molar-refractivity contribution >= 4 is 16.8 Å². The van der Waals surface area contributed by atoms with Crippen LogP contribution in [0, 0.1) is 5.82 Å². The second-order valence-electron chi connectivity index (χ2n) is 6.43. The number of nitrogens with one attached hydrogen (secondary N) is 3. The Hall–Kier alpha value is -2.86. The topological polar surface area (TPSA) is 66.2 Å². The zero-order chi connectivity index (χ0) is 18.3. The van der Waals surface area contributed by atoms with Crippen LogP contribution in [0.5, 0.6) is 5.75 Å². The van der Waals surface area contributed by atoms with E-state index in [2.05, 4.69) is 15.6 Å². The largest absolute Gasteiger partial charge is 0.496 e. The van der Waals surface area contributed by atoms with Crippen molar-refractivity contribution in [2.75, 3.05) is 20.7 Å². The molecule has 0 spiro atoms. The molecule has 1 aliphatic heterocycles. The van der Waals surface area contributed by atoms with Crippen molar-refractivity contribution in [2.24, 2.45) is 0 Å². The second kappa shape index (κ2) is 6.46. The minimum Gasteiger partial charge on any atom is -0.496 e. The number of aromatic amines is 1. The van der Waals surface area contributed by atoms with Crippen LogP contribution in [0.1, 0.15) is 21.5 Å². The van der Waals surface area contributed by atoms with Gasteiger partial charge in [-0.15, -0.1) is 0 Å². The quantitative estimate of drug-likeness (QED) is 0.676. The van der Waals surface area contributed by atoms with Crippen molar-refractivity contribution in [3.05, 3.63) is 52.8 Å². The highest BCUT2D eigenvalue weighted by Crippen LogP contribution is 2.38. The number of H-pyrrole nitrogens is 1. The molecule has 0 saturated heterocycles. The van der Waals surface area contributed by atoms with Crippen LogP contribution in [0.25, 0.3) is 22.2 Å². The SMILES string of the molecule is CNCc1ccc(-c2[nH]c3cc(F)cc4c3c2CCNC4=O)c(OC)c1. The van der Waals surface area contributed by atoms with Gasteiger partial charge in [-0.1, -0.05) is 6.07 Å². The third-order valence-corrected chi connectivity index (χ3v) is 4.79. The number of benzene rings is 2. The Morgan fingerprint density at radius 1 is 1.23 bits per heavy atom. The van der Waals surface area contributed by atoms with Gasteiger partial charge >= 0.3 is 0 Å². The van der Waals surface area contributed by atoms with E-state index in [1.807, 2.05) is 25.2 Å². The predicted octanol–water partition coefficient (Wildman–Crippen LogP) is 2.99. The molecule has 134 valence electrons. The Bertz CT molecular complexity index is 1010. The summed E-state index contributed by atoms with van der Waals surface area (Å²) >= 11 is 0. The molecule has 0 radical (unpaired) electrons. The van der Waals surface area contributed by atoms with Gasteiger partial charge in [0.05, 0.1) is 18.4 Å². The van der Waals surface area contributed by atoms with E-state index >= 15 is 0 Å². The van der Waals surface area contributed by atoms with Gasteiger partial charge in [-0.25, -0.2) is 4.39 Å². The van der Waals surface area contributed by atoms with Crippen LogP contribution in [0.4, 0.5) is 4.39 Å². The Balaban J connectivity index is 1.97. The molecule has 0 unspecified atom stereocenters. The number of ether oxygens (including phenoxy) is 1. The summed E-state index contributed by atoms with van der Waals surface area (Å²) in [5, 5.41) is 6.75. The molecule has 1 aromatic heterocycles. The third kappa shape index (κ3) is 2.63. The number of amides is 1. The van der Waals surface area contributed by atoms with Crippen molar-refractivity contribution in [3.8, 4) is 17.0 Å². The summed E-state index contributed by atoms with van der Waals surface area (Å²) < 4.78 is 19.6. The summed E-state index contributed by atoms with van der Waals surface area (Å²) in [4.78, 5) is 15.6. The maximum Gasteiger partial charge on any atom is 0.252 e. The number of aromatic nitrogens is 1. The fraction of sp³-hybridized carbons (Fsp3) is 0.250. The van der Waals surface area contributed by atoms with Gasteiger partial charge < -0.3 is 20.4 Å². The maximum atomic E-state index is 14.0. The third-order valence-electron chi connectivity index (χ3n) is 4.79. The first kappa shape index (κ1) is 16.6. The summed E-state index contributed by atoms with van der Waals surface area (Å²) in [6.07, 6.45) is 0.668. The van der Waals surface area contributed by atoms with Crippen molar-refractivity contribution in [3.63, 3.8) is 0 Å². The average Bonchev–Trinajstić information content (AvgIpc) is 2.90. The molecule has 26 heavy (non-hydrogen) atoms. The molecular formula is C20H20FN3O2. The van der Waals surface area contributed by atoms with E-state index in [0.717, 1.165) is 40.1 Å². The van der Waals surface area contributed by atoms with Crippen molar-refractivity contribution in [2.45, 2.75) is 13.0 Å². The molecule has 0 bridgehead atoms. The number of hydrogen-bond acceptors (Lipinski definition) is 3. The molecule has 0 fully saturated rings. The van der Waals surface area contributed by atoms with Gasteiger partial charge in [0.15, 0.2) is 0 Å². The number of methoxy groups -OCH3 is 1. The molecule has 3 aromatic rings. The first-order valence-electron chi connectivity index (χ1n) is 8.56. The summed E-state index contributed by atoms with van der Waals surface area (Å²) in [6, 6.07) is 8.77.